The van der Waals surface area contributed by atoms with Gasteiger partial charge in [-0.05, 0) is 57.3 Å². The van der Waals surface area contributed by atoms with Gasteiger partial charge in [0.25, 0.3) is 0 Å². The van der Waals surface area contributed by atoms with Crippen molar-refractivity contribution < 1.29 is 52.4 Å². The number of hydrogen-bond acceptors (Lipinski definition) is 11. The van der Waals surface area contributed by atoms with E-state index < -0.39 is 64.5 Å². The topological polar surface area (TPSA) is 144 Å². The highest BCUT2D eigenvalue weighted by atomic mass is 16.6. The summed E-state index contributed by atoms with van der Waals surface area (Å²) in [7, 11) is 0. The summed E-state index contributed by atoms with van der Waals surface area (Å²) in [6.07, 6.45) is 3.04. The first-order chi connectivity index (χ1) is 21.1. The zero-order valence-corrected chi connectivity index (χ0v) is 27.8. The lowest BCUT2D eigenvalue weighted by Gasteiger charge is -2.64. The standard InChI is InChI=1S/C34H48O11/c1-9-19(3)30(38)44-25-11-12-33(17-42-33)34(18-41-22(6)35)27(43-23(7)36)13-21(5)32(8,29(25)34)15-26(24-14-28(37)40-16-24)45-31(39)20(4)10-2/h10,14,19,21,25-27,29H,9,11-13,15-18H2,1-8H3/b20-10+/t19-,21+,25+,26-,27-,29+,32-,33?,34+/m0/s1. The molecule has 2 aliphatic heterocycles. The minimum absolute atomic E-state index is 0.0189. The van der Waals surface area contributed by atoms with Crippen molar-refractivity contribution in [2.24, 2.45) is 28.6 Å². The van der Waals surface area contributed by atoms with Crippen LogP contribution in [-0.4, -0.2) is 73.6 Å². The summed E-state index contributed by atoms with van der Waals surface area (Å²) >= 11 is 0. The van der Waals surface area contributed by atoms with Crippen LogP contribution in [0.2, 0.25) is 0 Å². The van der Waals surface area contributed by atoms with E-state index in [4.69, 9.17) is 28.4 Å². The Kier molecular flexibility index (Phi) is 10.2. The van der Waals surface area contributed by atoms with Gasteiger partial charge in [-0.1, -0.05) is 33.8 Å². The van der Waals surface area contributed by atoms with Gasteiger partial charge in [-0.3, -0.25) is 14.4 Å². The van der Waals surface area contributed by atoms with Crippen LogP contribution in [0.5, 0.6) is 0 Å². The number of cyclic esters (lactones) is 1. The van der Waals surface area contributed by atoms with Crippen LogP contribution in [0.1, 0.15) is 87.5 Å². The fraction of sp³-hybridized carbons (Fsp3) is 0.735. The molecule has 0 aromatic carbocycles. The maximum Gasteiger partial charge on any atom is 0.333 e. The summed E-state index contributed by atoms with van der Waals surface area (Å²) in [5.74, 6) is -3.43. The highest BCUT2D eigenvalue weighted by molar-refractivity contribution is 5.88. The molecule has 0 amide bonds. The Morgan fingerprint density at radius 3 is 2.36 bits per heavy atom. The van der Waals surface area contributed by atoms with Gasteiger partial charge < -0.3 is 28.4 Å². The number of epoxide rings is 1. The molecule has 45 heavy (non-hydrogen) atoms. The summed E-state index contributed by atoms with van der Waals surface area (Å²) in [6, 6.07) is 0. The Bertz CT molecular complexity index is 1260. The SMILES string of the molecule is C/C=C(\C)C(=O)O[C@@H](C[C@@]1(C)[C@H](C)C[C@H](OC(C)=O)[C@]2(COC(C)=O)[C@@H]1[C@H](OC(=O)[C@@H](C)CC)CCC21CO1)C1=CC(=O)OC1. The third-order valence-electron chi connectivity index (χ3n) is 10.9. The van der Waals surface area contributed by atoms with Crippen LogP contribution in [0.25, 0.3) is 0 Å². The van der Waals surface area contributed by atoms with Crippen molar-refractivity contribution in [2.75, 3.05) is 19.8 Å². The first kappa shape index (κ1) is 34.7. The van der Waals surface area contributed by atoms with E-state index in [-0.39, 0.29) is 37.4 Å². The molecule has 11 heteroatoms. The van der Waals surface area contributed by atoms with Gasteiger partial charge in [0.15, 0.2) is 0 Å². The van der Waals surface area contributed by atoms with Crippen molar-refractivity contribution in [3.05, 3.63) is 23.3 Å². The van der Waals surface area contributed by atoms with Crippen LogP contribution >= 0.6 is 0 Å². The minimum atomic E-state index is -1.07. The number of rotatable bonds is 11. The molecule has 4 rings (SSSR count). The maximum absolute atomic E-state index is 13.4. The van der Waals surface area contributed by atoms with E-state index in [9.17, 15) is 24.0 Å². The Morgan fingerprint density at radius 1 is 1.13 bits per heavy atom. The zero-order chi connectivity index (χ0) is 33.3. The molecule has 2 heterocycles. The van der Waals surface area contributed by atoms with Crippen molar-refractivity contribution in [3.8, 4) is 0 Å². The van der Waals surface area contributed by atoms with E-state index in [2.05, 4.69) is 6.92 Å². The van der Waals surface area contributed by atoms with Gasteiger partial charge >= 0.3 is 29.8 Å². The fourth-order valence-corrected chi connectivity index (χ4v) is 7.84. The first-order valence-corrected chi connectivity index (χ1v) is 16.0. The smallest absolute Gasteiger partial charge is 0.333 e. The van der Waals surface area contributed by atoms with Gasteiger partial charge in [0, 0.05) is 37.0 Å². The molecule has 0 aromatic rings. The van der Waals surface area contributed by atoms with Crippen LogP contribution in [0.4, 0.5) is 0 Å². The average Bonchev–Trinajstić information content (AvgIpc) is 3.64. The molecule has 250 valence electrons. The summed E-state index contributed by atoms with van der Waals surface area (Å²) < 4.78 is 35.7. The molecule has 0 aromatic heterocycles. The number of fused-ring (bicyclic) bond motifs is 2. The molecule has 0 N–H and O–H groups in total. The van der Waals surface area contributed by atoms with Crippen LogP contribution in [0.3, 0.4) is 0 Å². The van der Waals surface area contributed by atoms with Crippen LogP contribution < -0.4 is 0 Å². The fourth-order valence-electron chi connectivity index (χ4n) is 7.84. The van der Waals surface area contributed by atoms with Gasteiger partial charge in [-0.15, -0.1) is 0 Å². The highest BCUT2D eigenvalue weighted by Crippen LogP contribution is 2.70. The predicted octanol–water partition coefficient (Wildman–Crippen LogP) is 4.40. The number of allylic oxidation sites excluding steroid dienone is 1. The maximum atomic E-state index is 13.4. The molecule has 0 radical (unpaired) electrons. The summed E-state index contributed by atoms with van der Waals surface area (Å²) in [6.45, 7) is 14.1. The zero-order valence-electron chi connectivity index (χ0n) is 27.8. The van der Waals surface area contributed by atoms with Gasteiger partial charge in [0.05, 0.1) is 17.9 Å². The molecule has 2 saturated carbocycles. The predicted molar refractivity (Wildman–Crippen MR) is 160 cm³/mol. The summed E-state index contributed by atoms with van der Waals surface area (Å²) in [5, 5.41) is 0. The van der Waals surface area contributed by atoms with E-state index in [0.717, 1.165) is 0 Å². The Hall–Kier alpha value is -3.21. The average molecular weight is 633 g/mol. The third-order valence-corrected chi connectivity index (χ3v) is 10.9. The highest BCUT2D eigenvalue weighted by Gasteiger charge is 2.77. The van der Waals surface area contributed by atoms with Crippen molar-refractivity contribution >= 4 is 29.8 Å². The lowest BCUT2D eigenvalue weighted by Crippen LogP contribution is -2.71. The number of carbonyl (C=O) groups excluding carboxylic acids is 5. The second-order valence-electron chi connectivity index (χ2n) is 13.5. The molecule has 4 aliphatic rings. The third kappa shape index (κ3) is 6.55. The summed E-state index contributed by atoms with van der Waals surface area (Å²) in [4.78, 5) is 63.6. The van der Waals surface area contributed by atoms with Gasteiger partial charge in [0.1, 0.15) is 37.1 Å². The number of esters is 5. The molecule has 11 nitrogen and oxygen atoms in total. The van der Waals surface area contributed by atoms with Crippen LogP contribution in [-0.2, 0) is 52.4 Å². The van der Waals surface area contributed by atoms with E-state index in [1.165, 1.54) is 19.9 Å². The number of hydrogen-bond donors (Lipinski definition) is 0. The molecule has 9 atom stereocenters. The normalized spacial score (nSPS) is 35.3. The second-order valence-corrected chi connectivity index (χ2v) is 13.5. The van der Waals surface area contributed by atoms with Crippen LogP contribution in [0, 0.1) is 28.6 Å². The molecule has 1 unspecified atom stereocenters. The van der Waals surface area contributed by atoms with E-state index in [0.29, 0.717) is 43.4 Å². The van der Waals surface area contributed by atoms with E-state index in [1.807, 2.05) is 20.8 Å². The largest absolute Gasteiger partial charge is 0.465 e. The molecule has 3 fully saturated rings. The first-order valence-electron chi connectivity index (χ1n) is 16.0. The van der Waals surface area contributed by atoms with Gasteiger partial charge in [0.2, 0.25) is 0 Å². The number of carbonyl (C=O) groups is 5. The van der Waals surface area contributed by atoms with Gasteiger partial charge in [-0.2, -0.15) is 0 Å². The Morgan fingerprint density at radius 2 is 1.82 bits per heavy atom. The van der Waals surface area contributed by atoms with Crippen LogP contribution in [0.15, 0.2) is 23.3 Å². The lowest BCUT2D eigenvalue weighted by molar-refractivity contribution is -0.260. The molecule has 1 saturated heterocycles. The van der Waals surface area contributed by atoms with Crippen molar-refractivity contribution in [3.63, 3.8) is 0 Å². The molecular weight excluding hydrogens is 584 g/mol. The van der Waals surface area contributed by atoms with Crippen molar-refractivity contribution in [2.45, 2.75) is 111 Å². The monoisotopic (exact) mass is 632 g/mol. The molecular formula is C34H48O11. The van der Waals surface area contributed by atoms with E-state index in [1.54, 1.807) is 19.9 Å². The summed E-state index contributed by atoms with van der Waals surface area (Å²) in [5.41, 5.74) is -1.69. The molecule has 2 aliphatic carbocycles. The quantitative estimate of drug-likeness (QED) is 0.138. The molecule has 0 bridgehead atoms. The van der Waals surface area contributed by atoms with E-state index >= 15 is 0 Å². The second kappa shape index (κ2) is 13.3. The van der Waals surface area contributed by atoms with Gasteiger partial charge in [-0.25, -0.2) is 9.59 Å². The number of ether oxygens (including phenoxy) is 6. The minimum Gasteiger partial charge on any atom is -0.465 e. The van der Waals surface area contributed by atoms with Crippen molar-refractivity contribution in [1.29, 1.82) is 0 Å². The molecule has 1 spiro atoms. The Labute approximate surface area is 265 Å². The Balaban J connectivity index is 1.90. The lowest BCUT2D eigenvalue weighted by atomic mass is 9.42. The van der Waals surface area contributed by atoms with Crippen molar-refractivity contribution in [1.82, 2.24) is 0 Å².